The Morgan fingerprint density at radius 3 is 2.62 bits per heavy atom. The average molecular weight is 347 g/mol. The number of aromatic nitrogens is 1. The van der Waals surface area contributed by atoms with Crippen LogP contribution in [0.25, 0.3) is 0 Å². The van der Waals surface area contributed by atoms with Gasteiger partial charge >= 0.3 is 0 Å². The molecule has 1 aromatic carbocycles. The van der Waals surface area contributed by atoms with E-state index in [2.05, 4.69) is 22.0 Å². The highest BCUT2D eigenvalue weighted by Crippen LogP contribution is 2.31. The number of hydrogen-bond donors (Lipinski definition) is 1. The molecule has 1 N–H and O–H groups in total. The molecule has 5 heteroatoms. The van der Waals surface area contributed by atoms with Gasteiger partial charge in [-0.25, -0.2) is 4.98 Å². The summed E-state index contributed by atoms with van der Waals surface area (Å²) in [4.78, 5) is 6.61. The summed E-state index contributed by atoms with van der Waals surface area (Å²) in [5.41, 5.74) is 2.44. The largest absolute Gasteiger partial charge is 0.497 e. The van der Waals surface area contributed by atoms with Gasteiger partial charge in [0.1, 0.15) is 10.9 Å². The van der Waals surface area contributed by atoms with Crippen LogP contribution in [0, 0.1) is 5.92 Å². The third-order valence-electron chi connectivity index (χ3n) is 4.66. The number of pyridine rings is 1. The maximum Gasteiger partial charge on any atom is 0.129 e. The molecular weight excluding hydrogens is 324 g/mol. The van der Waals surface area contributed by atoms with Crippen molar-refractivity contribution in [3.8, 4) is 5.75 Å². The van der Waals surface area contributed by atoms with E-state index in [1.807, 2.05) is 30.5 Å². The van der Waals surface area contributed by atoms with Crippen molar-refractivity contribution in [2.24, 2.45) is 5.92 Å². The molecule has 1 saturated heterocycles. The first-order valence-corrected chi connectivity index (χ1v) is 8.63. The maximum absolute atomic E-state index is 9.67. The Morgan fingerprint density at radius 2 is 2.00 bits per heavy atom. The molecule has 0 radical (unpaired) electrons. The van der Waals surface area contributed by atoms with Crippen molar-refractivity contribution in [1.82, 2.24) is 9.88 Å². The molecule has 0 saturated carbocycles. The van der Waals surface area contributed by atoms with Crippen molar-refractivity contribution in [3.63, 3.8) is 0 Å². The monoisotopic (exact) mass is 346 g/mol. The lowest BCUT2D eigenvalue weighted by Gasteiger charge is -2.37. The Morgan fingerprint density at radius 1 is 1.21 bits per heavy atom. The number of ether oxygens (including phenoxy) is 1. The van der Waals surface area contributed by atoms with Crippen LogP contribution >= 0.6 is 11.6 Å². The van der Waals surface area contributed by atoms with E-state index in [0.717, 1.165) is 31.8 Å². The van der Waals surface area contributed by atoms with Crippen LogP contribution in [0.15, 0.2) is 42.6 Å². The molecule has 0 spiro atoms. The maximum atomic E-state index is 9.67. The Balaban J connectivity index is 1.71. The van der Waals surface area contributed by atoms with Crippen LogP contribution in [0.4, 0.5) is 0 Å². The van der Waals surface area contributed by atoms with E-state index in [1.54, 1.807) is 7.11 Å². The molecule has 0 unspecified atom stereocenters. The van der Waals surface area contributed by atoms with Gasteiger partial charge in [0.05, 0.1) is 7.11 Å². The summed E-state index contributed by atoms with van der Waals surface area (Å²) < 4.78 is 5.21. The van der Waals surface area contributed by atoms with E-state index < -0.39 is 0 Å². The highest BCUT2D eigenvalue weighted by atomic mass is 35.5. The van der Waals surface area contributed by atoms with Crippen LogP contribution in [-0.4, -0.2) is 41.8 Å². The summed E-state index contributed by atoms with van der Waals surface area (Å²) in [6, 6.07) is 12.1. The minimum atomic E-state index is 0.219. The fourth-order valence-corrected chi connectivity index (χ4v) is 3.54. The summed E-state index contributed by atoms with van der Waals surface area (Å²) in [7, 11) is 1.68. The lowest BCUT2D eigenvalue weighted by atomic mass is 9.85. The Bertz CT molecular complexity index is 645. The number of rotatable bonds is 5. The van der Waals surface area contributed by atoms with Crippen molar-refractivity contribution in [3.05, 3.63) is 58.9 Å². The van der Waals surface area contributed by atoms with Crippen molar-refractivity contribution in [1.29, 1.82) is 0 Å². The molecule has 1 fully saturated rings. The lowest BCUT2D eigenvalue weighted by Crippen LogP contribution is -2.40. The number of methoxy groups -OCH3 is 1. The Kier molecular flexibility index (Phi) is 5.72. The van der Waals surface area contributed by atoms with Gasteiger partial charge in [0, 0.05) is 32.4 Å². The summed E-state index contributed by atoms with van der Waals surface area (Å²) in [6.45, 7) is 2.97. The van der Waals surface area contributed by atoms with Gasteiger partial charge in [-0.1, -0.05) is 29.8 Å². The second-order valence-corrected chi connectivity index (χ2v) is 6.82. The zero-order valence-corrected chi connectivity index (χ0v) is 14.6. The number of nitrogens with zero attached hydrogens (tertiary/aromatic N) is 2. The Hall–Kier alpha value is -1.62. The second kappa shape index (κ2) is 7.97. The molecular formula is C19H23ClN2O2. The number of benzene rings is 1. The number of halogens is 1. The van der Waals surface area contributed by atoms with Gasteiger partial charge in [-0.3, -0.25) is 4.90 Å². The molecule has 1 aliphatic heterocycles. The summed E-state index contributed by atoms with van der Waals surface area (Å²) in [5.74, 6) is 1.53. The molecule has 3 rings (SSSR count). The molecule has 128 valence electrons. The third kappa shape index (κ3) is 4.26. The highest BCUT2D eigenvalue weighted by molar-refractivity contribution is 6.29. The first-order chi connectivity index (χ1) is 11.7. The van der Waals surface area contributed by atoms with Gasteiger partial charge in [-0.15, -0.1) is 0 Å². The van der Waals surface area contributed by atoms with Gasteiger partial charge in [-0.2, -0.15) is 0 Å². The summed E-state index contributed by atoms with van der Waals surface area (Å²) >= 11 is 5.90. The number of aliphatic hydroxyl groups is 1. The smallest absolute Gasteiger partial charge is 0.129 e. The molecule has 0 aliphatic carbocycles. The first kappa shape index (κ1) is 17.2. The second-order valence-electron chi connectivity index (χ2n) is 6.44. The van der Waals surface area contributed by atoms with Crippen molar-refractivity contribution in [2.75, 3.05) is 26.8 Å². The molecule has 1 aromatic heterocycles. The molecule has 1 aliphatic rings. The van der Waals surface area contributed by atoms with E-state index in [-0.39, 0.29) is 12.5 Å². The lowest BCUT2D eigenvalue weighted by molar-refractivity contribution is 0.102. The van der Waals surface area contributed by atoms with E-state index >= 15 is 0 Å². The topological polar surface area (TPSA) is 45.6 Å². The number of hydrogen-bond acceptors (Lipinski definition) is 4. The SMILES string of the molecule is COc1ccc(CN2C[C@@H](CO)C[C@@H](c3ccc(Cl)nc3)C2)cc1. The van der Waals surface area contributed by atoms with Crippen LogP contribution < -0.4 is 4.74 Å². The van der Waals surface area contributed by atoms with Crippen LogP contribution in [-0.2, 0) is 6.54 Å². The minimum Gasteiger partial charge on any atom is -0.497 e. The molecule has 0 amide bonds. The number of piperidine rings is 1. The van der Waals surface area contributed by atoms with E-state index in [4.69, 9.17) is 16.3 Å². The minimum absolute atomic E-state index is 0.219. The van der Waals surface area contributed by atoms with Gasteiger partial charge in [0.15, 0.2) is 0 Å². The first-order valence-electron chi connectivity index (χ1n) is 8.25. The molecule has 2 aromatic rings. The van der Waals surface area contributed by atoms with Crippen LogP contribution in [0.3, 0.4) is 0 Å². The van der Waals surface area contributed by atoms with Crippen LogP contribution in [0.2, 0.25) is 5.15 Å². The zero-order chi connectivity index (χ0) is 16.9. The van der Waals surface area contributed by atoms with E-state index in [9.17, 15) is 5.11 Å². The molecule has 2 heterocycles. The third-order valence-corrected chi connectivity index (χ3v) is 4.88. The molecule has 2 atom stereocenters. The van der Waals surface area contributed by atoms with Crippen molar-refractivity contribution >= 4 is 11.6 Å². The van der Waals surface area contributed by atoms with Gasteiger partial charge in [0.25, 0.3) is 0 Å². The quantitative estimate of drug-likeness (QED) is 0.843. The van der Waals surface area contributed by atoms with Crippen molar-refractivity contribution in [2.45, 2.75) is 18.9 Å². The van der Waals surface area contributed by atoms with Gasteiger partial charge < -0.3 is 9.84 Å². The van der Waals surface area contributed by atoms with E-state index in [0.29, 0.717) is 11.1 Å². The molecule has 24 heavy (non-hydrogen) atoms. The summed E-state index contributed by atoms with van der Waals surface area (Å²) in [6.07, 6.45) is 2.84. The molecule has 4 nitrogen and oxygen atoms in total. The van der Waals surface area contributed by atoms with E-state index in [1.165, 1.54) is 11.1 Å². The normalized spacial score (nSPS) is 21.6. The number of aliphatic hydroxyl groups excluding tert-OH is 1. The number of likely N-dealkylation sites (tertiary alicyclic amines) is 1. The predicted molar refractivity (Wildman–Crippen MR) is 95.5 cm³/mol. The van der Waals surface area contributed by atoms with Gasteiger partial charge in [-0.05, 0) is 47.6 Å². The highest BCUT2D eigenvalue weighted by Gasteiger charge is 2.28. The van der Waals surface area contributed by atoms with Gasteiger partial charge in [0.2, 0.25) is 0 Å². The fourth-order valence-electron chi connectivity index (χ4n) is 3.42. The van der Waals surface area contributed by atoms with Crippen LogP contribution in [0.5, 0.6) is 5.75 Å². The standard InChI is InChI=1S/C19H23ClN2O2/c1-24-18-5-2-14(3-6-18)10-22-11-15(13-23)8-17(12-22)16-4-7-19(20)21-9-16/h2-7,9,15,17,23H,8,10-13H2,1H3/t15-,17+/m0/s1. The average Bonchev–Trinajstić information content (AvgIpc) is 2.62. The van der Waals surface area contributed by atoms with Crippen LogP contribution in [0.1, 0.15) is 23.5 Å². The fraction of sp³-hybridized carbons (Fsp3) is 0.421. The summed E-state index contributed by atoms with van der Waals surface area (Å²) in [5, 5.41) is 10.2. The van der Waals surface area contributed by atoms with Crippen molar-refractivity contribution < 1.29 is 9.84 Å². The molecule has 0 bridgehead atoms. The Labute approximate surface area is 148 Å². The predicted octanol–water partition coefficient (Wildman–Crippen LogP) is 3.34. The zero-order valence-electron chi connectivity index (χ0n) is 13.9.